The number of nitrogens with one attached hydrogen (secondary N) is 1. The fourth-order valence-electron chi connectivity index (χ4n) is 3.25. The zero-order valence-corrected chi connectivity index (χ0v) is 12.8. The highest BCUT2D eigenvalue weighted by atomic mass is 16.5. The van der Waals surface area contributed by atoms with Crippen molar-refractivity contribution in [2.24, 2.45) is 5.92 Å². The van der Waals surface area contributed by atoms with Crippen molar-refractivity contribution in [2.75, 3.05) is 13.7 Å². The normalized spacial score (nSPS) is 29.0. The maximum absolute atomic E-state index is 12.4. The molecule has 1 N–H and O–H groups in total. The van der Waals surface area contributed by atoms with Crippen LogP contribution in [0, 0.1) is 5.92 Å². The van der Waals surface area contributed by atoms with Gasteiger partial charge in [0, 0.05) is 17.9 Å². The lowest BCUT2D eigenvalue weighted by atomic mass is 9.75. The molecule has 2 aliphatic heterocycles. The van der Waals surface area contributed by atoms with Crippen molar-refractivity contribution in [1.29, 1.82) is 0 Å². The Kier molecular flexibility index (Phi) is 3.47. The Morgan fingerprint density at radius 1 is 1.50 bits per heavy atom. The molecule has 2 aliphatic rings. The topological polar surface area (TPSA) is 73.9 Å². The SMILES string of the molecule is CCOC(=O)[C@@H]1C(=O)N[C@@]2(C)C[C@@H]1c1cc(OC)ccc1O2. The summed E-state index contributed by atoms with van der Waals surface area (Å²) in [5.74, 6) is -0.666. The van der Waals surface area contributed by atoms with E-state index in [0.29, 0.717) is 17.9 Å². The van der Waals surface area contributed by atoms with Crippen LogP contribution in [0.1, 0.15) is 31.7 Å². The third kappa shape index (κ3) is 2.28. The standard InChI is InChI=1S/C16H19NO5/c1-4-21-15(19)13-11-8-16(2,17-14(13)18)22-12-6-5-9(20-3)7-10(11)12/h5-7,11,13H,4,8H2,1-3H3,(H,17,18)/t11-,13+,16-/m1/s1. The summed E-state index contributed by atoms with van der Waals surface area (Å²) in [5, 5.41) is 2.79. The number of amides is 1. The Hall–Kier alpha value is -2.24. The first-order chi connectivity index (χ1) is 10.5. The summed E-state index contributed by atoms with van der Waals surface area (Å²) in [6.45, 7) is 3.78. The molecule has 1 aromatic carbocycles. The smallest absolute Gasteiger partial charge is 0.319 e. The van der Waals surface area contributed by atoms with Gasteiger partial charge in [0.05, 0.1) is 13.7 Å². The minimum atomic E-state index is -0.859. The van der Waals surface area contributed by atoms with Crippen molar-refractivity contribution < 1.29 is 23.8 Å². The van der Waals surface area contributed by atoms with E-state index in [4.69, 9.17) is 14.2 Å². The van der Waals surface area contributed by atoms with Gasteiger partial charge in [-0.3, -0.25) is 9.59 Å². The minimum absolute atomic E-state index is 0.244. The number of benzene rings is 1. The molecular formula is C16H19NO5. The van der Waals surface area contributed by atoms with Crippen LogP contribution >= 0.6 is 0 Å². The lowest BCUT2D eigenvalue weighted by Crippen LogP contribution is -2.62. The van der Waals surface area contributed by atoms with Crippen LogP contribution in [0.4, 0.5) is 0 Å². The monoisotopic (exact) mass is 305 g/mol. The van der Waals surface area contributed by atoms with E-state index in [1.807, 2.05) is 13.0 Å². The summed E-state index contributed by atoms with van der Waals surface area (Å²) >= 11 is 0. The Morgan fingerprint density at radius 2 is 2.27 bits per heavy atom. The lowest BCUT2D eigenvalue weighted by Gasteiger charge is -2.46. The van der Waals surface area contributed by atoms with E-state index in [-0.39, 0.29) is 18.4 Å². The molecule has 2 bridgehead atoms. The number of esters is 1. The summed E-state index contributed by atoms with van der Waals surface area (Å²) < 4.78 is 16.2. The number of fused-ring (bicyclic) bond motifs is 4. The highest BCUT2D eigenvalue weighted by Gasteiger charge is 2.52. The van der Waals surface area contributed by atoms with E-state index in [1.54, 1.807) is 26.2 Å². The first-order valence-electron chi connectivity index (χ1n) is 7.33. The van der Waals surface area contributed by atoms with E-state index in [9.17, 15) is 9.59 Å². The Labute approximate surface area is 128 Å². The molecule has 0 aliphatic carbocycles. The molecule has 0 unspecified atom stereocenters. The van der Waals surface area contributed by atoms with Gasteiger partial charge in [-0.25, -0.2) is 0 Å². The number of methoxy groups -OCH3 is 1. The maximum Gasteiger partial charge on any atom is 0.319 e. The molecule has 6 heteroatoms. The molecule has 1 fully saturated rings. The van der Waals surface area contributed by atoms with Crippen LogP contribution in [0.25, 0.3) is 0 Å². The number of carbonyl (C=O) groups excluding carboxylic acids is 2. The molecule has 1 saturated heterocycles. The molecule has 0 spiro atoms. The second-order valence-corrected chi connectivity index (χ2v) is 5.77. The average molecular weight is 305 g/mol. The molecule has 22 heavy (non-hydrogen) atoms. The van der Waals surface area contributed by atoms with E-state index in [2.05, 4.69) is 5.32 Å². The molecule has 6 nitrogen and oxygen atoms in total. The largest absolute Gasteiger partial charge is 0.497 e. The van der Waals surface area contributed by atoms with Crippen molar-refractivity contribution in [1.82, 2.24) is 5.32 Å². The van der Waals surface area contributed by atoms with Crippen molar-refractivity contribution in [3.05, 3.63) is 23.8 Å². The molecule has 0 aromatic heterocycles. The van der Waals surface area contributed by atoms with Crippen molar-refractivity contribution in [3.63, 3.8) is 0 Å². The van der Waals surface area contributed by atoms with E-state index in [1.165, 1.54) is 0 Å². The van der Waals surface area contributed by atoms with Crippen molar-refractivity contribution in [2.45, 2.75) is 31.9 Å². The third-order valence-corrected chi connectivity index (χ3v) is 4.17. The van der Waals surface area contributed by atoms with Gasteiger partial charge in [-0.15, -0.1) is 0 Å². The number of hydrogen-bond donors (Lipinski definition) is 1. The first kappa shape index (κ1) is 14.7. The van der Waals surface area contributed by atoms with Crippen LogP contribution in [0.2, 0.25) is 0 Å². The molecule has 0 saturated carbocycles. The molecule has 2 heterocycles. The molecule has 0 radical (unpaired) electrons. The zero-order valence-electron chi connectivity index (χ0n) is 12.8. The van der Waals surface area contributed by atoms with Gasteiger partial charge >= 0.3 is 5.97 Å². The van der Waals surface area contributed by atoms with E-state index < -0.39 is 17.6 Å². The van der Waals surface area contributed by atoms with Gasteiger partial charge < -0.3 is 19.5 Å². The quantitative estimate of drug-likeness (QED) is 0.678. The third-order valence-electron chi connectivity index (χ3n) is 4.17. The summed E-state index contributed by atoms with van der Waals surface area (Å²) in [4.78, 5) is 24.6. The van der Waals surface area contributed by atoms with Gasteiger partial charge in [-0.2, -0.15) is 0 Å². The summed E-state index contributed by atoms with van der Waals surface area (Å²) in [6.07, 6.45) is 0.516. The molecule has 3 rings (SSSR count). The molecule has 3 atom stereocenters. The Bertz CT molecular complexity index is 629. The number of piperidine rings is 1. The predicted octanol–water partition coefficient (Wildman–Crippen LogP) is 1.59. The highest BCUT2D eigenvalue weighted by molar-refractivity contribution is 6.00. The maximum atomic E-state index is 12.4. The van der Waals surface area contributed by atoms with Crippen LogP contribution in [0.5, 0.6) is 11.5 Å². The molecular weight excluding hydrogens is 286 g/mol. The van der Waals surface area contributed by atoms with Gasteiger partial charge in [-0.05, 0) is 32.0 Å². The lowest BCUT2D eigenvalue weighted by molar-refractivity contribution is -0.160. The summed E-state index contributed by atoms with van der Waals surface area (Å²) in [6, 6.07) is 5.42. The number of ether oxygens (including phenoxy) is 3. The second-order valence-electron chi connectivity index (χ2n) is 5.77. The van der Waals surface area contributed by atoms with E-state index >= 15 is 0 Å². The zero-order chi connectivity index (χ0) is 15.9. The fraction of sp³-hybridized carbons (Fsp3) is 0.500. The number of hydrogen-bond acceptors (Lipinski definition) is 5. The van der Waals surface area contributed by atoms with Crippen LogP contribution in [-0.2, 0) is 14.3 Å². The van der Waals surface area contributed by atoms with Gasteiger partial charge in [0.2, 0.25) is 5.91 Å². The van der Waals surface area contributed by atoms with Crippen molar-refractivity contribution >= 4 is 11.9 Å². The Balaban J connectivity index is 2.06. The molecule has 118 valence electrons. The first-order valence-corrected chi connectivity index (χ1v) is 7.33. The minimum Gasteiger partial charge on any atom is -0.497 e. The number of carbonyl (C=O) groups is 2. The summed E-state index contributed by atoms with van der Waals surface area (Å²) in [5.41, 5.74) is 0.0107. The summed E-state index contributed by atoms with van der Waals surface area (Å²) in [7, 11) is 1.58. The van der Waals surface area contributed by atoms with E-state index in [0.717, 1.165) is 5.56 Å². The molecule has 1 amide bonds. The van der Waals surface area contributed by atoms with Crippen LogP contribution < -0.4 is 14.8 Å². The fourth-order valence-corrected chi connectivity index (χ4v) is 3.25. The molecule has 1 aromatic rings. The van der Waals surface area contributed by atoms with Crippen LogP contribution in [-0.4, -0.2) is 31.3 Å². The second kappa shape index (κ2) is 5.19. The van der Waals surface area contributed by atoms with Crippen LogP contribution in [0.15, 0.2) is 18.2 Å². The predicted molar refractivity (Wildman–Crippen MR) is 77.7 cm³/mol. The van der Waals surface area contributed by atoms with Gasteiger partial charge in [-0.1, -0.05) is 0 Å². The number of rotatable bonds is 3. The van der Waals surface area contributed by atoms with Crippen molar-refractivity contribution in [3.8, 4) is 11.5 Å². The van der Waals surface area contributed by atoms with Gasteiger partial charge in [0.1, 0.15) is 17.4 Å². The average Bonchev–Trinajstić information content (AvgIpc) is 2.46. The highest BCUT2D eigenvalue weighted by Crippen LogP contribution is 2.47. The van der Waals surface area contributed by atoms with Gasteiger partial charge in [0.25, 0.3) is 0 Å². The van der Waals surface area contributed by atoms with Crippen LogP contribution in [0.3, 0.4) is 0 Å². The van der Waals surface area contributed by atoms with Gasteiger partial charge in [0.15, 0.2) is 5.72 Å². The Morgan fingerprint density at radius 3 is 2.95 bits per heavy atom.